The van der Waals surface area contributed by atoms with Crippen LogP contribution in [0.5, 0.6) is 0 Å². The zero-order chi connectivity index (χ0) is 21.2. The molecule has 6 nitrogen and oxygen atoms in total. The van der Waals surface area contributed by atoms with E-state index in [-0.39, 0.29) is 5.89 Å². The average Bonchev–Trinajstić information content (AvgIpc) is 3.12. The molecule has 0 spiro atoms. The largest absolute Gasteiger partial charge is 0.470 e. The number of carbonyl (C=O) groups is 1. The van der Waals surface area contributed by atoms with E-state index in [1.807, 2.05) is 6.07 Å². The normalized spacial score (nSPS) is 15.4. The van der Waals surface area contributed by atoms with Crippen LogP contribution in [0.25, 0.3) is 5.57 Å². The molecule has 1 aromatic heterocycles. The molecule has 1 aromatic carbocycles. The molecular weight excluding hydrogens is 387 g/mol. The molecule has 0 atom stereocenters. The standard InChI is InChI=1S/C20H22F3N3O3/c1-19(2,3)29-18(27)26-11-9-14(10-12-26)15(13-7-5-4-6-8-13)16-24-25-17(28-16)20(21,22)23/h4-8H,9-12H2,1-3H3. The number of rotatable bonds is 2. The first kappa shape index (κ1) is 20.9. The van der Waals surface area contributed by atoms with Gasteiger partial charge in [0.2, 0.25) is 5.89 Å². The summed E-state index contributed by atoms with van der Waals surface area (Å²) in [6.45, 7) is 6.16. The summed E-state index contributed by atoms with van der Waals surface area (Å²) in [7, 11) is 0. The summed E-state index contributed by atoms with van der Waals surface area (Å²) in [5.74, 6) is -1.56. The number of benzene rings is 1. The molecule has 0 N–H and O–H groups in total. The Morgan fingerprint density at radius 1 is 1.07 bits per heavy atom. The first-order valence-corrected chi connectivity index (χ1v) is 9.21. The van der Waals surface area contributed by atoms with Gasteiger partial charge >= 0.3 is 18.2 Å². The molecule has 1 aliphatic rings. The Hall–Kier alpha value is -2.84. The van der Waals surface area contributed by atoms with E-state index in [4.69, 9.17) is 9.15 Å². The second kappa shape index (κ2) is 7.88. The van der Waals surface area contributed by atoms with Crippen molar-refractivity contribution in [1.82, 2.24) is 15.1 Å². The van der Waals surface area contributed by atoms with Crippen molar-refractivity contribution < 1.29 is 27.1 Å². The fourth-order valence-corrected chi connectivity index (χ4v) is 3.06. The monoisotopic (exact) mass is 409 g/mol. The SMILES string of the molecule is CC(C)(C)OC(=O)N1CCC(=C(c2ccccc2)c2nnc(C(F)(F)F)o2)CC1. The van der Waals surface area contributed by atoms with Crippen molar-refractivity contribution >= 4 is 11.7 Å². The highest BCUT2D eigenvalue weighted by molar-refractivity contribution is 5.78. The maximum absolute atomic E-state index is 12.9. The highest BCUT2D eigenvalue weighted by Crippen LogP contribution is 2.35. The first-order chi connectivity index (χ1) is 13.5. The average molecular weight is 409 g/mol. The van der Waals surface area contributed by atoms with Crippen LogP contribution in [0.2, 0.25) is 0 Å². The lowest BCUT2D eigenvalue weighted by molar-refractivity contribution is -0.157. The van der Waals surface area contributed by atoms with Crippen molar-refractivity contribution in [3.63, 3.8) is 0 Å². The Balaban J connectivity index is 1.89. The second-order valence-electron chi connectivity index (χ2n) is 7.72. The van der Waals surface area contributed by atoms with Gasteiger partial charge in [0, 0.05) is 18.7 Å². The third-order valence-electron chi connectivity index (χ3n) is 4.32. The molecule has 9 heteroatoms. The second-order valence-corrected chi connectivity index (χ2v) is 7.72. The molecule has 0 radical (unpaired) electrons. The van der Waals surface area contributed by atoms with E-state index >= 15 is 0 Å². The van der Waals surface area contributed by atoms with Gasteiger partial charge in [-0.2, -0.15) is 13.2 Å². The predicted molar refractivity (Wildman–Crippen MR) is 98.8 cm³/mol. The molecular formula is C20H22F3N3O3. The molecule has 1 saturated heterocycles. The number of ether oxygens (including phenoxy) is 1. The molecule has 29 heavy (non-hydrogen) atoms. The number of alkyl halides is 3. The minimum absolute atomic E-state index is 0.177. The Kier molecular flexibility index (Phi) is 5.68. The van der Waals surface area contributed by atoms with E-state index in [1.165, 1.54) is 0 Å². The number of nitrogens with zero attached hydrogens (tertiary/aromatic N) is 3. The predicted octanol–water partition coefficient (Wildman–Crippen LogP) is 4.92. The summed E-state index contributed by atoms with van der Waals surface area (Å²) in [5.41, 5.74) is 1.43. The van der Waals surface area contributed by atoms with E-state index in [0.29, 0.717) is 37.1 Å². The molecule has 1 aliphatic heterocycles. The molecule has 3 rings (SSSR count). The third kappa shape index (κ3) is 5.16. The first-order valence-electron chi connectivity index (χ1n) is 9.21. The summed E-state index contributed by atoms with van der Waals surface area (Å²) >= 11 is 0. The van der Waals surface area contributed by atoms with Gasteiger partial charge in [0.15, 0.2) is 0 Å². The van der Waals surface area contributed by atoms with E-state index in [1.54, 1.807) is 49.9 Å². The molecule has 2 aromatic rings. The lowest BCUT2D eigenvalue weighted by Crippen LogP contribution is -2.40. The fraction of sp³-hybridized carbons (Fsp3) is 0.450. The zero-order valence-corrected chi connectivity index (χ0v) is 16.4. The Labute approximate surface area is 166 Å². The van der Waals surface area contributed by atoms with Crippen LogP contribution in [0.1, 0.15) is 51.0 Å². The number of carbonyl (C=O) groups excluding carboxylic acids is 1. The van der Waals surface area contributed by atoms with E-state index in [9.17, 15) is 18.0 Å². The Morgan fingerprint density at radius 2 is 1.69 bits per heavy atom. The smallest absolute Gasteiger partial charge is 0.444 e. The van der Waals surface area contributed by atoms with Crippen LogP contribution in [0.4, 0.5) is 18.0 Å². The lowest BCUT2D eigenvalue weighted by Gasteiger charge is -2.31. The van der Waals surface area contributed by atoms with Gasteiger partial charge in [0.25, 0.3) is 0 Å². The van der Waals surface area contributed by atoms with Crippen LogP contribution in [-0.4, -0.2) is 39.9 Å². The number of hydrogen-bond acceptors (Lipinski definition) is 5. The number of halogens is 3. The topological polar surface area (TPSA) is 68.5 Å². The van der Waals surface area contributed by atoms with Crippen molar-refractivity contribution in [3.8, 4) is 0 Å². The van der Waals surface area contributed by atoms with Crippen LogP contribution in [0, 0.1) is 0 Å². The van der Waals surface area contributed by atoms with Crippen LogP contribution in [0.3, 0.4) is 0 Å². The van der Waals surface area contributed by atoms with Crippen molar-refractivity contribution in [3.05, 3.63) is 53.2 Å². The van der Waals surface area contributed by atoms with Gasteiger partial charge < -0.3 is 14.1 Å². The molecule has 156 valence electrons. The Morgan fingerprint density at radius 3 is 2.21 bits per heavy atom. The van der Waals surface area contributed by atoms with Crippen LogP contribution < -0.4 is 0 Å². The van der Waals surface area contributed by atoms with Gasteiger partial charge in [-0.3, -0.25) is 0 Å². The maximum Gasteiger partial charge on any atom is 0.470 e. The summed E-state index contributed by atoms with van der Waals surface area (Å²) < 4.78 is 49.1. The van der Waals surface area contributed by atoms with E-state index in [0.717, 1.165) is 5.57 Å². The van der Waals surface area contributed by atoms with Crippen LogP contribution in [0.15, 0.2) is 40.3 Å². The van der Waals surface area contributed by atoms with Gasteiger partial charge in [0.1, 0.15) is 5.60 Å². The van der Waals surface area contributed by atoms with Crippen molar-refractivity contribution in [2.75, 3.05) is 13.1 Å². The molecule has 0 saturated carbocycles. The molecule has 1 fully saturated rings. The summed E-state index contributed by atoms with van der Waals surface area (Å²) in [5, 5.41) is 6.79. The van der Waals surface area contributed by atoms with E-state index < -0.39 is 23.8 Å². The number of hydrogen-bond donors (Lipinski definition) is 0. The zero-order valence-electron chi connectivity index (χ0n) is 16.4. The highest BCUT2D eigenvalue weighted by Gasteiger charge is 2.39. The van der Waals surface area contributed by atoms with Crippen LogP contribution in [-0.2, 0) is 10.9 Å². The number of piperidine rings is 1. The van der Waals surface area contributed by atoms with Gasteiger partial charge in [-0.1, -0.05) is 35.9 Å². The molecule has 1 amide bonds. The van der Waals surface area contributed by atoms with Gasteiger partial charge in [-0.25, -0.2) is 4.79 Å². The summed E-state index contributed by atoms with van der Waals surface area (Å²) in [6, 6.07) is 8.94. The molecule has 0 unspecified atom stereocenters. The van der Waals surface area contributed by atoms with E-state index in [2.05, 4.69) is 10.2 Å². The quantitative estimate of drug-likeness (QED) is 0.704. The van der Waals surface area contributed by atoms with Gasteiger partial charge in [-0.05, 0) is 39.2 Å². The Bertz CT molecular complexity index is 889. The molecule has 0 aliphatic carbocycles. The highest BCUT2D eigenvalue weighted by atomic mass is 19.4. The molecule has 0 bridgehead atoms. The minimum Gasteiger partial charge on any atom is -0.444 e. The van der Waals surface area contributed by atoms with Gasteiger partial charge in [-0.15, -0.1) is 10.2 Å². The van der Waals surface area contributed by atoms with Crippen molar-refractivity contribution in [1.29, 1.82) is 0 Å². The van der Waals surface area contributed by atoms with Gasteiger partial charge in [0.05, 0.1) is 0 Å². The minimum atomic E-state index is -4.71. The molecule has 2 heterocycles. The van der Waals surface area contributed by atoms with Crippen molar-refractivity contribution in [2.24, 2.45) is 0 Å². The summed E-state index contributed by atoms with van der Waals surface area (Å²) in [6.07, 6.45) is -4.19. The third-order valence-corrected chi connectivity index (χ3v) is 4.32. The number of amides is 1. The van der Waals surface area contributed by atoms with Crippen molar-refractivity contribution in [2.45, 2.75) is 45.4 Å². The lowest BCUT2D eigenvalue weighted by atomic mass is 9.93. The fourth-order valence-electron chi connectivity index (χ4n) is 3.06. The maximum atomic E-state index is 12.9. The summed E-state index contributed by atoms with van der Waals surface area (Å²) in [4.78, 5) is 13.9. The van der Waals surface area contributed by atoms with Crippen LogP contribution >= 0.6 is 0 Å². The number of aromatic nitrogens is 2. The number of likely N-dealkylation sites (tertiary alicyclic amines) is 1.